The molecule has 0 bridgehead atoms. The number of aryl methyl sites for hydroxylation is 1. The highest BCUT2D eigenvalue weighted by molar-refractivity contribution is 7.10. The average molecular weight is 374 g/mol. The summed E-state index contributed by atoms with van der Waals surface area (Å²) in [7, 11) is 2.04. The molecule has 0 spiro atoms. The highest BCUT2D eigenvalue weighted by atomic mass is 32.1. The number of carbonyl (C=O) groups is 2. The molecule has 1 fully saturated rings. The predicted molar refractivity (Wildman–Crippen MR) is 104 cm³/mol. The molecule has 0 radical (unpaired) electrons. The zero-order chi connectivity index (χ0) is 18.5. The third kappa shape index (κ3) is 4.36. The molecular weight excluding hydrogens is 346 g/mol. The molecule has 2 aromatic heterocycles. The van der Waals surface area contributed by atoms with Crippen LogP contribution in [0.5, 0.6) is 0 Å². The number of hydrogen-bond acceptors (Lipinski definition) is 3. The second-order valence-corrected chi connectivity index (χ2v) is 7.95. The largest absolute Gasteiger partial charge is 0.353 e. The standard InChI is InChI=1S/C20H27N3O2S/c1-15(24)21-16(19-10-7-13-26-19)14-20(25)23-12-5-3-4-8-18(23)17-9-6-11-22(17)2/h6-7,9-11,13,16,18H,3-5,8,12,14H2,1-2H3,(H,21,24)/t16-,18+/m0/s1. The lowest BCUT2D eigenvalue weighted by molar-refractivity contribution is -0.134. The second-order valence-electron chi connectivity index (χ2n) is 6.97. The van der Waals surface area contributed by atoms with Crippen LogP contribution in [0.25, 0.3) is 0 Å². The molecule has 0 unspecified atom stereocenters. The first-order chi connectivity index (χ1) is 12.6. The second kappa shape index (κ2) is 8.54. The Morgan fingerprint density at radius 2 is 2.12 bits per heavy atom. The molecule has 0 aromatic carbocycles. The first kappa shape index (κ1) is 18.7. The lowest BCUT2D eigenvalue weighted by atomic mass is 10.0. The zero-order valence-corrected chi connectivity index (χ0v) is 16.3. The summed E-state index contributed by atoms with van der Waals surface area (Å²) >= 11 is 1.58. The summed E-state index contributed by atoms with van der Waals surface area (Å²) in [5.41, 5.74) is 1.19. The minimum atomic E-state index is -0.252. The molecule has 1 aliphatic rings. The third-order valence-electron chi connectivity index (χ3n) is 5.04. The molecule has 2 atom stereocenters. The van der Waals surface area contributed by atoms with E-state index in [-0.39, 0.29) is 23.9 Å². The van der Waals surface area contributed by atoms with Crippen molar-refractivity contribution in [1.82, 2.24) is 14.8 Å². The SMILES string of the molecule is CC(=O)N[C@@H](CC(=O)N1CCCCC[C@@H]1c1cccn1C)c1cccs1. The molecular formula is C20H27N3O2S. The van der Waals surface area contributed by atoms with Gasteiger partial charge in [0, 0.05) is 37.3 Å². The lowest BCUT2D eigenvalue weighted by Gasteiger charge is -2.32. The number of thiophene rings is 1. The number of amides is 2. The van der Waals surface area contributed by atoms with E-state index < -0.39 is 0 Å². The van der Waals surface area contributed by atoms with Crippen LogP contribution in [0.4, 0.5) is 0 Å². The van der Waals surface area contributed by atoms with Gasteiger partial charge in [-0.1, -0.05) is 18.9 Å². The van der Waals surface area contributed by atoms with E-state index in [2.05, 4.69) is 16.0 Å². The van der Waals surface area contributed by atoms with E-state index in [1.807, 2.05) is 41.7 Å². The maximum Gasteiger partial charge on any atom is 0.225 e. The predicted octanol–water partition coefficient (Wildman–Crippen LogP) is 3.80. The van der Waals surface area contributed by atoms with Gasteiger partial charge in [0.2, 0.25) is 11.8 Å². The number of nitrogens with zero attached hydrogens (tertiary/aromatic N) is 2. The van der Waals surface area contributed by atoms with E-state index in [0.717, 1.165) is 37.1 Å². The molecule has 3 rings (SSSR count). The van der Waals surface area contributed by atoms with Gasteiger partial charge in [-0.3, -0.25) is 9.59 Å². The van der Waals surface area contributed by atoms with Gasteiger partial charge in [-0.2, -0.15) is 0 Å². The quantitative estimate of drug-likeness (QED) is 0.867. The van der Waals surface area contributed by atoms with Crippen LogP contribution in [-0.2, 0) is 16.6 Å². The summed E-state index contributed by atoms with van der Waals surface area (Å²) < 4.78 is 2.11. The molecule has 2 amide bonds. The maximum absolute atomic E-state index is 13.2. The van der Waals surface area contributed by atoms with Gasteiger partial charge in [-0.05, 0) is 36.4 Å². The average Bonchev–Trinajstić information content (AvgIpc) is 3.21. The van der Waals surface area contributed by atoms with Crippen LogP contribution in [0.3, 0.4) is 0 Å². The van der Waals surface area contributed by atoms with Gasteiger partial charge in [0.1, 0.15) is 0 Å². The number of rotatable bonds is 5. The van der Waals surface area contributed by atoms with Crippen molar-refractivity contribution in [2.75, 3.05) is 6.54 Å². The molecule has 0 saturated carbocycles. The van der Waals surface area contributed by atoms with E-state index in [4.69, 9.17) is 0 Å². The number of nitrogens with one attached hydrogen (secondary N) is 1. The molecule has 3 heterocycles. The van der Waals surface area contributed by atoms with Crippen molar-refractivity contribution in [3.8, 4) is 0 Å². The zero-order valence-electron chi connectivity index (χ0n) is 15.5. The van der Waals surface area contributed by atoms with Gasteiger partial charge >= 0.3 is 0 Å². The highest BCUT2D eigenvalue weighted by Gasteiger charge is 2.30. The molecule has 1 N–H and O–H groups in total. The van der Waals surface area contributed by atoms with E-state index in [9.17, 15) is 9.59 Å². The third-order valence-corrected chi connectivity index (χ3v) is 6.03. The van der Waals surface area contributed by atoms with Crippen LogP contribution >= 0.6 is 11.3 Å². The summed E-state index contributed by atoms with van der Waals surface area (Å²) in [5, 5.41) is 4.93. The number of hydrogen-bond donors (Lipinski definition) is 1. The molecule has 1 aliphatic heterocycles. The Morgan fingerprint density at radius 1 is 1.27 bits per heavy atom. The van der Waals surface area contributed by atoms with Crippen molar-refractivity contribution in [1.29, 1.82) is 0 Å². The smallest absolute Gasteiger partial charge is 0.225 e. The van der Waals surface area contributed by atoms with Gasteiger partial charge in [-0.15, -0.1) is 11.3 Å². The van der Waals surface area contributed by atoms with Gasteiger partial charge in [0.15, 0.2) is 0 Å². The number of likely N-dealkylation sites (tertiary alicyclic amines) is 1. The Balaban J connectivity index is 1.80. The van der Waals surface area contributed by atoms with Crippen molar-refractivity contribution in [2.45, 2.75) is 51.1 Å². The maximum atomic E-state index is 13.2. The number of aromatic nitrogens is 1. The van der Waals surface area contributed by atoms with Gasteiger partial charge in [-0.25, -0.2) is 0 Å². The van der Waals surface area contributed by atoms with Gasteiger partial charge < -0.3 is 14.8 Å². The summed E-state index contributed by atoms with van der Waals surface area (Å²) in [4.78, 5) is 27.9. The fourth-order valence-electron chi connectivity index (χ4n) is 3.78. The molecule has 5 nitrogen and oxygen atoms in total. The highest BCUT2D eigenvalue weighted by Crippen LogP contribution is 2.32. The Bertz CT molecular complexity index is 738. The normalized spacial score (nSPS) is 19.0. The van der Waals surface area contributed by atoms with Crippen molar-refractivity contribution >= 4 is 23.2 Å². The van der Waals surface area contributed by atoms with E-state index >= 15 is 0 Å². The van der Waals surface area contributed by atoms with Crippen LogP contribution < -0.4 is 5.32 Å². The summed E-state index contributed by atoms with van der Waals surface area (Å²) in [5.74, 6) is 0.0105. The van der Waals surface area contributed by atoms with Gasteiger partial charge in [0.05, 0.1) is 18.5 Å². The molecule has 0 aliphatic carbocycles. The molecule has 1 saturated heterocycles. The molecule has 2 aromatic rings. The monoisotopic (exact) mass is 373 g/mol. The summed E-state index contributed by atoms with van der Waals surface area (Å²) in [6, 6.07) is 7.95. The van der Waals surface area contributed by atoms with E-state index in [1.165, 1.54) is 12.6 Å². The Morgan fingerprint density at radius 3 is 2.77 bits per heavy atom. The van der Waals surface area contributed by atoms with Crippen LogP contribution in [0.1, 0.15) is 61.7 Å². The Hall–Kier alpha value is -2.08. The topological polar surface area (TPSA) is 54.3 Å². The van der Waals surface area contributed by atoms with E-state index in [1.54, 1.807) is 11.3 Å². The Kier molecular flexibility index (Phi) is 6.14. The summed E-state index contributed by atoms with van der Waals surface area (Å²) in [6.45, 7) is 2.29. The molecule has 6 heteroatoms. The first-order valence-corrected chi connectivity index (χ1v) is 10.2. The molecule has 140 valence electrons. The molecule has 26 heavy (non-hydrogen) atoms. The van der Waals surface area contributed by atoms with Crippen molar-refractivity contribution in [2.24, 2.45) is 7.05 Å². The van der Waals surface area contributed by atoms with Crippen molar-refractivity contribution < 1.29 is 9.59 Å². The van der Waals surface area contributed by atoms with Crippen LogP contribution in [0.15, 0.2) is 35.8 Å². The number of carbonyl (C=O) groups excluding carboxylic acids is 2. The van der Waals surface area contributed by atoms with Gasteiger partial charge in [0.25, 0.3) is 0 Å². The van der Waals surface area contributed by atoms with Crippen molar-refractivity contribution in [3.05, 3.63) is 46.4 Å². The fraction of sp³-hybridized carbons (Fsp3) is 0.500. The van der Waals surface area contributed by atoms with E-state index in [0.29, 0.717) is 6.42 Å². The minimum absolute atomic E-state index is 0.106. The fourth-order valence-corrected chi connectivity index (χ4v) is 4.56. The van der Waals surface area contributed by atoms with Crippen LogP contribution in [-0.4, -0.2) is 27.8 Å². The minimum Gasteiger partial charge on any atom is -0.353 e. The van der Waals surface area contributed by atoms with Crippen LogP contribution in [0, 0.1) is 0 Å². The van der Waals surface area contributed by atoms with Crippen molar-refractivity contribution in [3.63, 3.8) is 0 Å². The summed E-state index contributed by atoms with van der Waals surface area (Å²) in [6.07, 6.45) is 6.67. The first-order valence-electron chi connectivity index (χ1n) is 9.27. The van der Waals surface area contributed by atoms with Crippen LogP contribution in [0.2, 0.25) is 0 Å². The Labute approximate surface area is 159 Å². The lowest BCUT2D eigenvalue weighted by Crippen LogP contribution is -2.38.